The zero-order chi connectivity index (χ0) is 12.0. The fraction of sp³-hybridized carbons (Fsp3) is 0.182. The fourth-order valence-corrected chi connectivity index (χ4v) is 2.48. The van der Waals surface area contributed by atoms with E-state index in [1.54, 1.807) is 30.3 Å². The van der Waals surface area contributed by atoms with Crippen molar-refractivity contribution >= 4 is 18.6 Å². The number of ether oxygens (including phenoxy) is 1. The minimum absolute atomic E-state index is 0.279. The number of esters is 1. The molecule has 16 heavy (non-hydrogen) atoms. The number of hydrogen-bond acceptors (Lipinski definition) is 4. The van der Waals surface area contributed by atoms with E-state index >= 15 is 0 Å². The lowest BCUT2D eigenvalue weighted by Gasteiger charge is -2.15. The summed E-state index contributed by atoms with van der Waals surface area (Å²) in [6.45, 7) is 3.25. The van der Waals surface area contributed by atoms with Crippen LogP contribution >= 0.6 is 7.37 Å². The Morgan fingerprint density at radius 2 is 2.06 bits per heavy atom. The lowest BCUT2D eigenvalue weighted by molar-refractivity contribution is -0.135. The maximum absolute atomic E-state index is 12.3. The molecule has 0 aliphatic rings. The Balaban J connectivity index is 2.83. The molecule has 86 valence electrons. The van der Waals surface area contributed by atoms with Crippen LogP contribution in [0.25, 0.3) is 0 Å². The Bertz CT molecular complexity index is 413. The molecule has 1 aromatic rings. The van der Waals surface area contributed by atoms with Crippen molar-refractivity contribution in [2.45, 2.75) is 0 Å². The molecule has 1 rings (SSSR count). The van der Waals surface area contributed by atoms with E-state index in [1.807, 2.05) is 0 Å². The highest BCUT2D eigenvalue weighted by Gasteiger charge is 2.25. The van der Waals surface area contributed by atoms with Crippen molar-refractivity contribution < 1.29 is 18.6 Å². The van der Waals surface area contributed by atoms with E-state index in [0.29, 0.717) is 5.30 Å². The van der Waals surface area contributed by atoms with Crippen LogP contribution in [-0.4, -0.2) is 19.4 Å². The van der Waals surface area contributed by atoms with Gasteiger partial charge in [-0.2, -0.15) is 0 Å². The first kappa shape index (κ1) is 12.7. The molecule has 1 unspecified atom stereocenters. The fourth-order valence-electron chi connectivity index (χ4n) is 1.10. The lowest BCUT2D eigenvalue weighted by Crippen LogP contribution is -2.12. The standard InChI is InChI=1S/C11H13O4P/c1-3-11(12)15-9-16(13,14-2)10-7-5-4-6-8-10/h3-8H,1,9H2,2H3. The summed E-state index contributed by atoms with van der Waals surface area (Å²) in [4.78, 5) is 10.9. The summed E-state index contributed by atoms with van der Waals surface area (Å²) in [6, 6.07) is 8.64. The molecule has 0 saturated heterocycles. The van der Waals surface area contributed by atoms with Crippen LogP contribution in [-0.2, 0) is 18.6 Å². The Hall–Kier alpha value is -1.38. The summed E-state index contributed by atoms with van der Waals surface area (Å²) in [7, 11) is -1.78. The highest BCUT2D eigenvalue weighted by Crippen LogP contribution is 2.44. The second-order valence-electron chi connectivity index (χ2n) is 2.99. The minimum atomic E-state index is -3.11. The van der Waals surface area contributed by atoms with Gasteiger partial charge >= 0.3 is 5.97 Å². The van der Waals surface area contributed by atoms with Crippen LogP contribution in [0.5, 0.6) is 0 Å². The first-order valence-corrected chi connectivity index (χ1v) is 6.43. The largest absolute Gasteiger partial charge is 0.452 e. The van der Waals surface area contributed by atoms with Crippen molar-refractivity contribution in [3.05, 3.63) is 43.0 Å². The quantitative estimate of drug-likeness (QED) is 0.448. The Morgan fingerprint density at radius 3 is 2.56 bits per heavy atom. The lowest BCUT2D eigenvalue weighted by atomic mass is 10.4. The van der Waals surface area contributed by atoms with Gasteiger partial charge in [-0.3, -0.25) is 4.57 Å². The molecule has 4 nitrogen and oxygen atoms in total. The van der Waals surface area contributed by atoms with Crippen molar-refractivity contribution in [1.29, 1.82) is 0 Å². The van der Waals surface area contributed by atoms with E-state index in [2.05, 4.69) is 6.58 Å². The molecule has 1 atom stereocenters. The van der Waals surface area contributed by atoms with Gasteiger partial charge in [-0.1, -0.05) is 24.8 Å². The van der Waals surface area contributed by atoms with Gasteiger partial charge in [0.05, 0.1) is 0 Å². The third-order valence-corrected chi connectivity index (χ3v) is 4.13. The van der Waals surface area contributed by atoms with Gasteiger partial charge in [0.1, 0.15) is 0 Å². The van der Waals surface area contributed by atoms with Crippen LogP contribution in [0, 0.1) is 0 Å². The second kappa shape index (κ2) is 5.64. The topological polar surface area (TPSA) is 52.6 Å². The minimum Gasteiger partial charge on any atom is -0.452 e. The summed E-state index contributed by atoms with van der Waals surface area (Å²) in [6.07, 6.45) is 0.739. The van der Waals surface area contributed by atoms with Crippen molar-refractivity contribution in [3.63, 3.8) is 0 Å². The highest BCUT2D eigenvalue weighted by atomic mass is 31.2. The van der Waals surface area contributed by atoms with Crippen LogP contribution in [0.4, 0.5) is 0 Å². The maximum Gasteiger partial charge on any atom is 0.330 e. The van der Waals surface area contributed by atoms with Crippen molar-refractivity contribution in [2.24, 2.45) is 0 Å². The van der Waals surface area contributed by atoms with Gasteiger partial charge in [0.25, 0.3) is 7.37 Å². The first-order valence-electron chi connectivity index (χ1n) is 4.62. The summed E-state index contributed by atoms with van der Waals surface area (Å²) in [5.74, 6) is -0.617. The summed E-state index contributed by atoms with van der Waals surface area (Å²) >= 11 is 0. The molecule has 0 aromatic heterocycles. The number of hydrogen-bond donors (Lipinski definition) is 0. The number of carbonyl (C=O) groups excluding carboxylic acids is 1. The predicted molar refractivity (Wildman–Crippen MR) is 61.8 cm³/mol. The number of rotatable bonds is 5. The van der Waals surface area contributed by atoms with Crippen LogP contribution in [0.3, 0.4) is 0 Å². The Morgan fingerprint density at radius 1 is 1.44 bits per heavy atom. The molecule has 0 amide bonds. The van der Waals surface area contributed by atoms with Crippen LogP contribution < -0.4 is 5.30 Å². The Kier molecular flexibility index (Phi) is 4.47. The van der Waals surface area contributed by atoms with E-state index in [4.69, 9.17) is 9.26 Å². The normalized spacial score (nSPS) is 13.8. The van der Waals surface area contributed by atoms with E-state index in [-0.39, 0.29) is 6.35 Å². The van der Waals surface area contributed by atoms with Gasteiger partial charge in [-0.05, 0) is 12.1 Å². The monoisotopic (exact) mass is 240 g/mol. The van der Waals surface area contributed by atoms with E-state index in [0.717, 1.165) is 6.08 Å². The van der Waals surface area contributed by atoms with E-state index in [1.165, 1.54) is 7.11 Å². The van der Waals surface area contributed by atoms with Gasteiger partial charge in [0.2, 0.25) is 0 Å². The summed E-state index contributed by atoms with van der Waals surface area (Å²) < 4.78 is 22.0. The molecule has 1 aromatic carbocycles. The third-order valence-electron chi connectivity index (χ3n) is 1.99. The van der Waals surface area contributed by atoms with E-state index < -0.39 is 13.3 Å². The maximum atomic E-state index is 12.3. The molecule has 0 saturated carbocycles. The van der Waals surface area contributed by atoms with Gasteiger partial charge < -0.3 is 9.26 Å². The predicted octanol–water partition coefficient (Wildman–Crippen LogP) is 1.92. The number of benzene rings is 1. The Labute approximate surface area is 94.3 Å². The number of carbonyl (C=O) groups is 1. The smallest absolute Gasteiger partial charge is 0.330 e. The summed E-state index contributed by atoms with van der Waals surface area (Å²) in [5, 5.41) is 0.523. The second-order valence-corrected chi connectivity index (χ2v) is 5.47. The van der Waals surface area contributed by atoms with Gasteiger partial charge in [-0.25, -0.2) is 4.79 Å². The van der Waals surface area contributed by atoms with Crippen molar-refractivity contribution in [1.82, 2.24) is 0 Å². The molecule has 0 bridgehead atoms. The molecular weight excluding hydrogens is 227 g/mol. The molecule has 0 aliphatic carbocycles. The third kappa shape index (κ3) is 3.05. The highest BCUT2D eigenvalue weighted by molar-refractivity contribution is 7.66. The van der Waals surface area contributed by atoms with Crippen molar-refractivity contribution in [3.8, 4) is 0 Å². The van der Waals surface area contributed by atoms with E-state index in [9.17, 15) is 9.36 Å². The SMILES string of the molecule is C=CC(=O)OCP(=O)(OC)c1ccccc1. The van der Waals surface area contributed by atoms with Gasteiger partial charge in [0, 0.05) is 18.5 Å². The summed E-state index contributed by atoms with van der Waals surface area (Å²) in [5.41, 5.74) is 0. The molecular formula is C11H13O4P. The van der Waals surface area contributed by atoms with Gasteiger partial charge in [-0.15, -0.1) is 0 Å². The van der Waals surface area contributed by atoms with Crippen molar-refractivity contribution in [2.75, 3.05) is 13.5 Å². The van der Waals surface area contributed by atoms with Crippen LogP contribution in [0.2, 0.25) is 0 Å². The average molecular weight is 240 g/mol. The molecule has 0 fully saturated rings. The molecule has 0 spiro atoms. The molecule has 0 heterocycles. The average Bonchev–Trinajstić information content (AvgIpc) is 2.36. The van der Waals surface area contributed by atoms with Gasteiger partial charge in [0.15, 0.2) is 6.35 Å². The molecule has 0 radical (unpaired) electrons. The van der Waals surface area contributed by atoms with Crippen LogP contribution in [0.1, 0.15) is 0 Å². The van der Waals surface area contributed by atoms with Crippen LogP contribution in [0.15, 0.2) is 43.0 Å². The molecule has 0 aliphatic heterocycles. The zero-order valence-electron chi connectivity index (χ0n) is 8.96. The molecule has 0 N–H and O–H groups in total. The molecule has 5 heteroatoms. The zero-order valence-corrected chi connectivity index (χ0v) is 9.85. The first-order chi connectivity index (χ1) is 7.62.